The summed E-state index contributed by atoms with van der Waals surface area (Å²) in [6, 6.07) is 35.9. The number of azo groups is 1. The van der Waals surface area contributed by atoms with Gasteiger partial charge in [0.05, 0.1) is 60.2 Å². The molecule has 0 aliphatic carbocycles. The minimum atomic E-state index is -4.31. The van der Waals surface area contributed by atoms with Gasteiger partial charge in [-0.1, -0.05) is 67.3 Å². The van der Waals surface area contributed by atoms with Crippen LogP contribution in [0.5, 0.6) is 17.2 Å². The molecule has 0 radical (unpaired) electrons. The number of carbonyl (C=O) groups is 8. The number of aliphatic carboxylic acids is 3. The molecule has 5 N–H and O–H groups in total. The van der Waals surface area contributed by atoms with Gasteiger partial charge < -0.3 is 44.3 Å². The number of hydrogen-bond donors (Lipinski definition) is 5. The van der Waals surface area contributed by atoms with E-state index in [1.807, 2.05) is 18.2 Å². The number of carboxylic acids is 5. The van der Waals surface area contributed by atoms with E-state index in [4.69, 9.17) is 52.3 Å². The van der Waals surface area contributed by atoms with Gasteiger partial charge in [0.2, 0.25) is 0 Å². The average molecular weight is 1300 g/mol. The second kappa shape index (κ2) is 34.7. The third-order valence-electron chi connectivity index (χ3n) is 13.5. The smallest absolute Gasteiger partial charge is 0.744 e. The van der Waals surface area contributed by atoms with Crippen molar-refractivity contribution in [2.24, 2.45) is 26.5 Å². The first-order valence-electron chi connectivity index (χ1n) is 26.3. The summed E-state index contributed by atoms with van der Waals surface area (Å²) in [4.78, 5) is 96.5. The van der Waals surface area contributed by atoms with Gasteiger partial charge in [0, 0.05) is 25.0 Å². The number of thiocarbonyl (C=S) groups is 1. The fourth-order valence-corrected chi connectivity index (χ4v) is 9.46. The first kappa shape index (κ1) is 77.1. The van der Waals surface area contributed by atoms with Crippen LogP contribution in [0.3, 0.4) is 0 Å². The summed E-state index contributed by atoms with van der Waals surface area (Å²) >= 11 is 6.80. The standard InChI is InChI=1S/C42H37NO12S2.C12H16N4O4.C8H8O3S.Na/c1-40(25-57-37(56)29-7-5-4-6-8-29,38(51)54-31-17-11-27(12-18-31)35(48)49)23-42(3,41(2,24-43)22-21-33(44)45)39(52)55-32-19-13-28(14-20-32)36(50)53-30-15-9-26(10-16-30)34(46)47;1-11(7-13,5-3-9(17)18)15-16-12(2,8-14)6-4-10(19)20;1-2-7-3-5-8(6-4-7)12(9,10)11;/h4-20H,21-23,25H2,1-3H3,(H,44,45)(H,46,47)(H,48,49);3-6H2,1-2H3,(H,17,18)(H,19,20);2-6H,1H2,(H,9,10,11);/q;;;+1/p-1. The molecule has 0 fully saturated rings. The maximum atomic E-state index is 14.4. The molecule has 5 unspecified atom stereocenters. The minimum absolute atomic E-state index is 0. The summed E-state index contributed by atoms with van der Waals surface area (Å²) in [5.41, 5.74) is -6.45. The largest absolute Gasteiger partial charge is 1.00 e. The molecule has 0 bridgehead atoms. The van der Waals surface area contributed by atoms with Crippen LogP contribution in [0.15, 0.2) is 149 Å². The van der Waals surface area contributed by atoms with Crippen molar-refractivity contribution in [2.75, 3.05) is 5.75 Å². The van der Waals surface area contributed by atoms with Crippen molar-refractivity contribution in [3.05, 3.63) is 162 Å². The topological polar surface area (TPSA) is 419 Å². The van der Waals surface area contributed by atoms with Crippen LogP contribution in [0.25, 0.3) is 6.08 Å². The number of thioether (sulfide) groups is 1. The summed E-state index contributed by atoms with van der Waals surface area (Å²) < 4.78 is 48.7. The number of carboxylic acid groups (broad SMARTS) is 5. The second-order valence-corrected chi connectivity index (χ2v) is 23.7. The van der Waals surface area contributed by atoms with E-state index in [1.54, 1.807) is 30.3 Å². The Morgan fingerprint density at radius 3 is 1.36 bits per heavy atom. The number of benzene rings is 5. The van der Waals surface area contributed by atoms with Crippen molar-refractivity contribution >= 4 is 92.1 Å². The average Bonchev–Trinajstić information content (AvgIpc) is 0.787. The Kier molecular flexibility index (Phi) is 29.7. The molecule has 0 aromatic heterocycles. The SMILES string of the molecule is C=Cc1ccc(S(=O)(=O)[O-])cc1.CC(C#N)(CCC(=O)O)N=NC(C)(C#N)CCC(=O)O.CC(CSC(=S)c1ccccc1)(CC(C)(C(=O)Oc1ccc(C(=O)Oc2ccc(C(=O)O)cc2)cc1)C(C)(C#N)CCC(=O)O)C(=O)Oc1ccc(C(=O)O)cc1.[Na+]. The van der Waals surface area contributed by atoms with Crippen molar-refractivity contribution in [3.63, 3.8) is 0 Å². The van der Waals surface area contributed by atoms with Gasteiger partial charge in [0.1, 0.15) is 27.4 Å². The van der Waals surface area contributed by atoms with E-state index in [0.29, 0.717) is 9.76 Å². The molecule has 24 nitrogen and oxygen atoms in total. The molecule has 0 heterocycles. The molecule has 28 heteroatoms. The molecule has 5 aromatic carbocycles. The summed E-state index contributed by atoms with van der Waals surface area (Å²) in [6.07, 6.45) is -0.202. The van der Waals surface area contributed by atoms with Crippen LogP contribution in [0.1, 0.15) is 122 Å². The number of carbonyl (C=O) groups excluding carboxylic acids is 3. The zero-order chi connectivity index (χ0) is 67.0. The summed E-state index contributed by atoms with van der Waals surface area (Å²) in [7, 11) is -4.31. The van der Waals surface area contributed by atoms with E-state index in [0.717, 1.165) is 17.3 Å². The Morgan fingerprint density at radius 1 is 0.578 bits per heavy atom. The van der Waals surface area contributed by atoms with E-state index < -0.39 is 98.0 Å². The second-order valence-electron chi connectivity index (χ2n) is 20.7. The monoisotopic (exact) mass is 1300 g/mol. The Morgan fingerprint density at radius 2 is 0.978 bits per heavy atom. The Balaban J connectivity index is 0.000000681. The van der Waals surface area contributed by atoms with Crippen LogP contribution in [0.2, 0.25) is 0 Å². The van der Waals surface area contributed by atoms with Crippen LogP contribution >= 0.6 is 24.0 Å². The van der Waals surface area contributed by atoms with E-state index in [2.05, 4.69) is 22.9 Å². The Hall–Kier alpha value is -8.98. The van der Waals surface area contributed by atoms with Crippen LogP contribution in [0.4, 0.5) is 0 Å². The molecule has 0 saturated carbocycles. The number of nitrogens with zero attached hydrogens (tertiary/aromatic N) is 5. The normalized spacial score (nSPS) is 14.0. The van der Waals surface area contributed by atoms with E-state index in [1.165, 1.54) is 132 Å². The van der Waals surface area contributed by atoms with Gasteiger partial charge in [-0.25, -0.2) is 22.8 Å². The van der Waals surface area contributed by atoms with Gasteiger partial charge in [0.25, 0.3) is 0 Å². The van der Waals surface area contributed by atoms with Gasteiger partial charge in [-0.15, -0.1) is 11.8 Å². The van der Waals surface area contributed by atoms with Crippen LogP contribution in [-0.4, -0.2) is 107 Å². The zero-order valence-electron chi connectivity index (χ0n) is 49.5. The van der Waals surface area contributed by atoms with Crippen LogP contribution in [-0.2, 0) is 34.1 Å². The van der Waals surface area contributed by atoms with Gasteiger partial charge in [-0.2, -0.15) is 26.0 Å². The number of aromatic carboxylic acids is 2. The Bertz CT molecular complexity index is 3660. The third-order valence-corrected chi connectivity index (χ3v) is 16.2. The molecule has 0 spiro atoms. The summed E-state index contributed by atoms with van der Waals surface area (Å²) in [6.45, 7) is 10.7. The van der Waals surface area contributed by atoms with Crippen molar-refractivity contribution in [1.82, 2.24) is 0 Å². The fraction of sp³-hybridized carbons (Fsp3) is 0.290. The first-order chi connectivity index (χ1) is 41.6. The molecule has 0 amide bonds. The van der Waals surface area contributed by atoms with E-state index in [-0.39, 0.29) is 106 Å². The molecule has 0 aliphatic rings. The quantitative estimate of drug-likeness (QED) is 0.00839. The predicted molar refractivity (Wildman–Crippen MR) is 323 cm³/mol. The van der Waals surface area contributed by atoms with E-state index in [9.17, 15) is 66.8 Å². The van der Waals surface area contributed by atoms with Crippen molar-refractivity contribution in [3.8, 4) is 35.5 Å². The van der Waals surface area contributed by atoms with E-state index >= 15 is 0 Å². The molecule has 0 saturated heterocycles. The van der Waals surface area contributed by atoms with Crippen molar-refractivity contribution in [1.29, 1.82) is 15.8 Å². The maximum absolute atomic E-state index is 14.4. The fourth-order valence-electron chi connectivity index (χ4n) is 7.70. The molecule has 5 rings (SSSR count). The summed E-state index contributed by atoms with van der Waals surface area (Å²) in [5.74, 6) is -8.28. The molecule has 5 atom stereocenters. The third kappa shape index (κ3) is 23.8. The number of rotatable bonds is 27. The zero-order valence-corrected chi connectivity index (χ0v) is 53.9. The van der Waals surface area contributed by atoms with Crippen LogP contribution in [0, 0.1) is 50.2 Å². The number of nitriles is 3. The van der Waals surface area contributed by atoms with Crippen molar-refractivity contribution < 1.29 is 121 Å². The predicted octanol–water partition coefficient (Wildman–Crippen LogP) is 7.69. The van der Waals surface area contributed by atoms with Gasteiger partial charge in [0.15, 0.2) is 11.1 Å². The maximum Gasteiger partial charge on any atom is 1.00 e. The molecule has 5 aromatic rings. The van der Waals surface area contributed by atoms with Gasteiger partial charge >= 0.3 is 77.3 Å². The molecule has 466 valence electrons. The Labute approximate surface area is 549 Å². The van der Waals surface area contributed by atoms with Gasteiger partial charge in [-0.05, 0) is 156 Å². The van der Waals surface area contributed by atoms with Crippen molar-refractivity contribution in [2.45, 2.75) is 95.5 Å². The minimum Gasteiger partial charge on any atom is -0.744 e. The molecular formula is C62H60N5NaO19S3. The van der Waals surface area contributed by atoms with Gasteiger partial charge in [-0.3, -0.25) is 24.0 Å². The molecule has 90 heavy (non-hydrogen) atoms. The molecular weight excluding hydrogens is 1240 g/mol. The summed E-state index contributed by atoms with van der Waals surface area (Å²) in [5, 5.41) is 81.3. The number of ether oxygens (including phenoxy) is 3. The number of esters is 3. The number of hydrogen-bond acceptors (Lipinski definition) is 21. The first-order valence-corrected chi connectivity index (χ1v) is 29.1. The molecule has 0 aliphatic heterocycles. The van der Waals surface area contributed by atoms with Crippen LogP contribution < -0.4 is 43.8 Å².